The average Bonchev–Trinajstić information content (AvgIpc) is 2.92. The zero-order valence-corrected chi connectivity index (χ0v) is 26.9. The van der Waals surface area contributed by atoms with E-state index in [0.717, 1.165) is 29.3 Å². The van der Waals surface area contributed by atoms with Gasteiger partial charge in [-0.1, -0.05) is 30.0 Å². The van der Waals surface area contributed by atoms with Gasteiger partial charge in [-0.15, -0.1) is 24.8 Å². The number of piperazine rings is 1. The van der Waals surface area contributed by atoms with E-state index in [9.17, 15) is 28.1 Å². The summed E-state index contributed by atoms with van der Waals surface area (Å²) in [5.41, 5.74) is 0.811. The fourth-order valence-corrected chi connectivity index (χ4v) is 5.38. The van der Waals surface area contributed by atoms with E-state index in [1.165, 1.54) is 0 Å². The smallest absolute Gasteiger partial charge is 0.378 e. The summed E-state index contributed by atoms with van der Waals surface area (Å²) in [5, 5.41) is 11.4. The summed E-state index contributed by atoms with van der Waals surface area (Å²) in [6.07, 6.45) is -4.34. The van der Waals surface area contributed by atoms with Crippen molar-refractivity contribution in [1.29, 1.82) is 0 Å². The maximum absolute atomic E-state index is 13.7. The van der Waals surface area contributed by atoms with Crippen LogP contribution in [0.4, 0.5) is 18.9 Å². The van der Waals surface area contributed by atoms with Gasteiger partial charge in [-0.25, -0.2) is 0 Å². The SMILES string of the molecule is Cc1ccc(C[C@@H]2CN(CC#CCN3CCOCC3(C)C)CCN2C(=O)c2cc([N+](=O)[O-])cc(C(F)(F)F)c2)cc1C.Cl.Cl. The van der Waals surface area contributed by atoms with Crippen molar-refractivity contribution in [2.75, 3.05) is 52.5 Å². The van der Waals surface area contributed by atoms with Crippen LogP contribution < -0.4 is 0 Å². The first-order chi connectivity index (χ1) is 19.7. The third-order valence-corrected chi connectivity index (χ3v) is 8.09. The van der Waals surface area contributed by atoms with Gasteiger partial charge < -0.3 is 9.64 Å². The van der Waals surface area contributed by atoms with Crippen LogP contribution in [-0.4, -0.2) is 89.6 Å². The van der Waals surface area contributed by atoms with Crippen molar-refractivity contribution in [1.82, 2.24) is 14.7 Å². The number of alkyl halides is 3. The molecule has 4 rings (SSSR count). The number of hydrogen-bond donors (Lipinski definition) is 0. The Morgan fingerprint density at radius 2 is 1.75 bits per heavy atom. The average molecular weight is 660 g/mol. The first-order valence-electron chi connectivity index (χ1n) is 14.0. The van der Waals surface area contributed by atoms with E-state index in [1.54, 1.807) is 4.90 Å². The van der Waals surface area contributed by atoms with E-state index in [1.807, 2.05) is 26.0 Å². The normalized spacial score (nSPS) is 18.8. The minimum absolute atomic E-state index is 0. The molecule has 0 aromatic heterocycles. The molecule has 2 aromatic rings. The standard InChI is InChI=1S/C31H37F3N4O4.2ClH/c1-22-7-8-24(15-23(22)2)16-28-20-35(9-5-6-10-36-13-14-42-21-30(36,3)4)11-12-37(28)29(39)25-17-26(31(32,33)34)19-27(18-25)38(40)41;;/h7-8,15,17-19,28H,9-14,16,20-21H2,1-4H3;2*1H/t28-;;/m1../s1. The first-order valence-corrected chi connectivity index (χ1v) is 14.0. The van der Waals surface area contributed by atoms with E-state index in [4.69, 9.17) is 4.74 Å². The topological polar surface area (TPSA) is 79.2 Å². The molecule has 2 aliphatic rings. The molecule has 0 radical (unpaired) electrons. The van der Waals surface area contributed by atoms with Gasteiger partial charge in [0.05, 0.1) is 36.8 Å². The highest BCUT2D eigenvalue weighted by Gasteiger charge is 2.36. The van der Waals surface area contributed by atoms with Crippen LogP contribution in [0.2, 0.25) is 0 Å². The number of nitrogens with zero attached hydrogens (tertiary/aromatic N) is 4. The van der Waals surface area contributed by atoms with Gasteiger partial charge in [-0.05, 0) is 56.9 Å². The number of amides is 1. The molecular formula is C31H39Cl2F3N4O4. The molecule has 1 atom stereocenters. The van der Waals surface area contributed by atoms with Crippen molar-refractivity contribution in [3.05, 3.63) is 74.3 Å². The Kier molecular flexibility index (Phi) is 13.1. The lowest BCUT2D eigenvalue weighted by Crippen LogP contribution is -2.56. The molecule has 0 aliphatic carbocycles. The summed E-state index contributed by atoms with van der Waals surface area (Å²) in [4.78, 5) is 30.1. The molecule has 8 nitrogen and oxygen atoms in total. The van der Waals surface area contributed by atoms with Crippen LogP contribution >= 0.6 is 24.8 Å². The largest absolute Gasteiger partial charge is 0.416 e. The van der Waals surface area contributed by atoms with Crippen molar-refractivity contribution in [3.8, 4) is 11.8 Å². The Balaban J connectivity index is 0.00000337. The Labute approximate surface area is 268 Å². The predicted octanol–water partition coefficient (Wildman–Crippen LogP) is 5.56. The zero-order valence-electron chi connectivity index (χ0n) is 25.3. The van der Waals surface area contributed by atoms with Crippen LogP contribution in [0, 0.1) is 35.8 Å². The fraction of sp³-hybridized carbons (Fsp3) is 0.516. The second kappa shape index (κ2) is 15.4. The highest BCUT2D eigenvalue weighted by atomic mass is 35.5. The van der Waals surface area contributed by atoms with Gasteiger partial charge >= 0.3 is 6.18 Å². The van der Waals surface area contributed by atoms with Crippen LogP contribution in [-0.2, 0) is 17.3 Å². The summed E-state index contributed by atoms with van der Waals surface area (Å²) in [5.74, 6) is 5.86. The number of carbonyl (C=O) groups excluding carboxylic acids is 1. The van der Waals surface area contributed by atoms with Gasteiger partial charge in [-0.2, -0.15) is 13.2 Å². The van der Waals surface area contributed by atoms with Gasteiger partial charge in [0.2, 0.25) is 0 Å². The number of morpholine rings is 1. The fourth-order valence-electron chi connectivity index (χ4n) is 5.38. The minimum Gasteiger partial charge on any atom is -0.378 e. The summed E-state index contributed by atoms with van der Waals surface area (Å²) in [6, 6.07) is 7.77. The summed E-state index contributed by atoms with van der Waals surface area (Å²) >= 11 is 0. The number of hydrogen-bond acceptors (Lipinski definition) is 6. The van der Waals surface area contributed by atoms with Crippen LogP contribution in [0.1, 0.15) is 46.5 Å². The number of rotatable bonds is 6. The van der Waals surface area contributed by atoms with Crippen LogP contribution in [0.5, 0.6) is 0 Å². The second-order valence-electron chi connectivity index (χ2n) is 11.7. The Morgan fingerprint density at radius 1 is 1.05 bits per heavy atom. The summed E-state index contributed by atoms with van der Waals surface area (Å²) in [7, 11) is 0. The summed E-state index contributed by atoms with van der Waals surface area (Å²) in [6.45, 7) is 12.7. The predicted molar refractivity (Wildman–Crippen MR) is 168 cm³/mol. The van der Waals surface area contributed by atoms with Crippen molar-refractivity contribution in [2.24, 2.45) is 0 Å². The van der Waals surface area contributed by atoms with E-state index < -0.39 is 28.3 Å². The molecule has 0 N–H and O–H groups in total. The van der Waals surface area contributed by atoms with Gasteiger partial charge in [0, 0.05) is 55.5 Å². The number of carbonyl (C=O) groups is 1. The zero-order chi connectivity index (χ0) is 30.7. The molecule has 0 bridgehead atoms. The lowest BCUT2D eigenvalue weighted by molar-refractivity contribution is -0.385. The monoisotopic (exact) mass is 658 g/mol. The third kappa shape index (κ3) is 9.31. The number of benzene rings is 2. The number of halogens is 5. The van der Waals surface area contributed by atoms with Crippen LogP contribution in [0.25, 0.3) is 0 Å². The van der Waals surface area contributed by atoms with Gasteiger partial charge in [0.25, 0.3) is 11.6 Å². The molecule has 0 spiro atoms. The molecule has 13 heteroatoms. The molecule has 2 aliphatic heterocycles. The second-order valence-corrected chi connectivity index (χ2v) is 11.7. The van der Waals surface area contributed by atoms with E-state index in [2.05, 4.69) is 41.6 Å². The molecule has 242 valence electrons. The molecule has 0 unspecified atom stereocenters. The third-order valence-electron chi connectivity index (χ3n) is 8.09. The van der Waals surface area contributed by atoms with Crippen molar-refractivity contribution < 1.29 is 27.6 Å². The lowest BCUT2D eigenvalue weighted by Gasteiger charge is -2.41. The first kappa shape index (κ1) is 37.3. The molecule has 2 fully saturated rings. The van der Waals surface area contributed by atoms with Crippen molar-refractivity contribution >= 4 is 36.4 Å². The molecule has 44 heavy (non-hydrogen) atoms. The van der Waals surface area contributed by atoms with Gasteiger partial charge in [-0.3, -0.25) is 24.7 Å². The molecule has 0 saturated carbocycles. The van der Waals surface area contributed by atoms with E-state index in [-0.39, 0.29) is 48.5 Å². The van der Waals surface area contributed by atoms with Gasteiger partial charge in [0.1, 0.15) is 0 Å². The molecule has 2 aromatic carbocycles. The number of nitro benzene ring substituents is 1. The molecule has 1 amide bonds. The van der Waals surface area contributed by atoms with E-state index in [0.29, 0.717) is 57.9 Å². The minimum atomic E-state index is -4.83. The Morgan fingerprint density at radius 3 is 2.39 bits per heavy atom. The number of aryl methyl sites for hydroxylation is 2. The van der Waals surface area contributed by atoms with Crippen molar-refractivity contribution in [3.63, 3.8) is 0 Å². The Hall–Kier alpha value is -2.88. The highest BCUT2D eigenvalue weighted by molar-refractivity contribution is 5.95. The maximum atomic E-state index is 13.7. The molecule has 2 saturated heterocycles. The Bertz CT molecular complexity index is 1390. The highest BCUT2D eigenvalue weighted by Crippen LogP contribution is 2.33. The maximum Gasteiger partial charge on any atom is 0.416 e. The van der Waals surface area contributed by atoms with Gasteiger partial charge in [0.15, 0.2) is 0 Å². The number of nitro groups is 1. The molecular weight excluding hydrogens is 620 g/mol. The number of ether oxygens (including phenoxy) is 1. The van der Waals surface area contributed by atoms with Crippen LogP contribution in [0.15, 0.2) is 36.4 Å². The number of non-ortho nitro benzene ring substituents is 1. The molecule has 2 heterocycles. The summed E-state index contributed by atoms with van der Waals surface area (Å²) < 4.78 is 46.2. The van der Waals surface area contributed by atoms with Crippen molar-refractivity contribution in [2.45, 2.75) is 51.9 Å². The van der Waals surface area contributed by atoms with Crippen LogP contribution in [0.3, 0.4) is 0 Å². The lowest BCUT2D eigenvalue weighted by atomic mass is 9.97. The quantitative estimate of drug-likeness (QED) is 0.230. The van der Waals surface area contributed by atoms with E-state index >= 15 is 0 Å².